The lowest BCUT2D eigenvalue weighted by Crippen LogP contribution is -2.42. The molecule has 0 N–H and O–H groups in total. The van der Waals surface area contributed by atoms with E-state index in [1.54, 1.807) is 7.11 Å². The number of nitrogens with zero attached hydrogens (tertiary/aromatic N) is 2. The Balaban J connectivity index is 1.79. The second kappa shape index (κ2) is 7.63. The number of hydrogen-bond donors (Lipinski definition) is 0. The number of ether oxygens (including phenoxy) is 1. The molecule has 3 aromatic rings. The molecule has 0 unspecified atom stereocenters. The lowest BCUT2D eigenvalue weighted by Gasteiger charge is -2.35. The third-order valence-electron chi connectivity index (χ3n) is 5.49. The number of methoxy groups -OCH3 is 1. The lowest BCUT2D eigenvalue weighted by molar-refractivity contribution is 0.0625. The predicted octanol–water partition coefficient (Wildman–Crippen LogP) is 5.03. The van der Waals surface area contributed by atoms with E-state index in [0.29, 0.717) is 11.8 Å². The number of carbonyl (C=O) groups excluding carboxylic acids is 1. The average Bonchev–Trinajstić information content (AvgIpc) is 2.71. The molecule has 1 aliphatic rings. The first-order valence-corrected chi connectivity index (χ1v) is 9.88. The minimum absolute atomic E-state index is 0.103. The third kappa shape index (κ3) is 3.59. The number of pyridine rings is 1. The van der Waals surface area contributed by atoms with E-state index in [2.05, 4.69) is 13.8 Å². The number of rotatable bonds is 3. The van der Waals surface area contributed by atoms with Crippen LogP contribution >= 0.6 is 0 Å². The van der Waals surface area contributed by atoms with Crippen LogP contribution < -0.4 is 4.74 Å². The zero-order chi connectivity index (χ0) is 19.7. The van der Waals surface area contributed by atoms with Gasteiger partial charge in [-0.1, -0.05) is 32.0 Å². The molecule has 0 aliphatic carbocycles. The molecule has 4 rings (SSSR count). The van der Waals surface area contributed by atoms with E-state index in [1.165, 1.54) is 6.42 Å². The fraction of sp³-hybridized carbons (Fsp3) is 0.333. The summed E-state index contributed by atoms with van der Waals surface area (Å²) in [5, 5.41) is 0.913. The quantitative estimate of drug-likeness (QED) is 0.646. The van der Waals surface area contributed by atoms with Crippen LogP contribution in [0.25, 0.3) is 22.2 Å². The highest BCUT2D eigenvalue weighted by atomic mass is 16.5. The highest BCUT2D eigenvalue weighted by Gasteiger charge is 2.27. The fourth-order valence-corrected chi connectivity index (χ4v) is 4.26. The van der Waals surface area contributed by atoms with E-state index < -0.39 is 0 Å². The summed E-state index contributed by atoms with van der Waals surface area (Å²) in [4.78, 5) is 20.3. The molecule has 1 fully saturated rings. The Labute approximate surface area is 166 Å². The second-order valence-corrected chi connectivity index (χ2v) is 7.96. The van der Waals surface area contributed by atoms with Crippen molar-refractivity contribution in [3.8, 4) is 17.0 Å². The normalized spacial score (nSPS) is 19.6. The Morgan fingerprint density at radius 2 is 1.71 bits per heavy atom. The first-order chi connectivity index (χ1) is 13.5. The standard InChI is InChI=1S/C24H26N2O2/c1-16-12-17(2)15-26(14-16)24(27)21-13-23(18-8-10-19(28-3)11-9-18)25-22-7-5-4-6-20(21)22/h4-11,13,16-17H,12,14-15H2,1-3H3/t16-,17+. The minimum Gasteiger partial charge on any atom is -0.497 e. The first-order valence-electron chi connectivity index (χ1n) is 9.88. The average molecular weight is 374 g/mol. The highest BCUT2D eigenvalue weighted by Crippen LogP contribution is 2.29. The van der Waals surface area contributed by atoms with E-state index in [9.17, 15) is 4.79 Å². The number of amides is 1. The predicted molar refractivity (Wildman–Crippen MR) is 113 cm³/mol. The smallest absolute Gasteiger partial charge is 0.254 e. The van der Waals surface area contributed by atoms with Gasteiger partial charge in [-0.2, -0.15) is 0 Å². The monoisotopic (exact) mass is 374 g/mol. The SMILES string of the molecule is COc1ccc(-c2cc(C(=O)N3C[C@H](C)C[C@H](C)C3)c3ccccc3n2)cc1. The van der Waals surface area contributed by atoms with Crippen LogP contribution in [0.5, 0.6) is 5.75 Å². The summed E-state index contributed by atoms with van der Waals surface area (Å²) in [7, 11) is 1.65. The number of hydrogen-bond acceptors (Lipinski definition) is 3. The molecule has 1 aliphatic heterocycles. The summed E-state index contributed by atoms with van der Waals surface area (Å²) in [6, 6.07) is 17.6. The largest absolute Gasteiger partial charge is 0.497 e. The van der Waals surface area contributed by atoms with E-state index in [1.807, 2.05) is 59.5 Å². The van der Waals surface area contributed by atoms with Crippen LogP contribution in [-0.4, -0.2) is 36.0 Å². The number of fused-ring (bicyclic) bond motifs is 1. The summed E-state index contributed by atoms with van der Waals surface area (Å²) in [5.41, 5.74) is 3.36. The van der Waals surface area contributed by atoms with Gasteiger partial charge in [0.05, 0.1) is 23.9 Å². The zero-order valence-electron chi connectivity index (χ0n) is 16.7. The highest BCUT2D eigenvalue weighted by molar-refractivity contribution is 6.07. The number of para-hydroxylation sites is 1. The maximum Gasteiger partial charge on any atom is 0.254 e. The van der Waals surface area contributed by atoms with E-state index in [0.717, 1.165) is 46.6 Å². The Morgan fingerprint density at radius 3 is 2.39 bits per heavy atom. The summed E-state index contributed by atoms with van der Waals surface area (Å²) in [6.07, 6.45) is 1.18. The van der Waals surface area contributed by atoms with Gasteiger partial charge < -0.3 is 9.64 Å². The van der Waals surface area contributed by atoms with E-state index in [-0.39, 0.29) is 5.91 Å². The van der Waals surface area contributed by atoms with Gasteiger partial charge in [-0.05, 0) is 54.7 Å². The molecule has 2 aromatic carbocycles. The van der Waals surface area contributed by atoms with E-state index >= 15 is 0 Å². The van der Waals surface area contributed by atoms with Gasteiger partial charge in [-0.15, -0.1) is 0 Å². The molecule has 0 spiro atoms. The van der Waals surface area contributed by atoms with Crippen LogP contribution in [0.15, 0.2) is 54.6 Å². The van der Waals surface area contributed by atoms with Crippen LogP contribution in [0.2, 0.25) is 0 Å². The molecule has 0 radical (unpaired) electrons. The van der Waals surface area contributed by atoms with Crippen molar-refractivity contribution in [2.75, 3.05) is 20.2 Å². The molecule has 144 valence electrons. The molecule has 1 aromatic heterocycles. The summed E-state index contributed by atoms with van der Waals surface area (Å²) >= 11 is 0. The van der Waals surface area contributed by atoms with Crippen molar-refractivity contribution in [2.24, 2.45) is 11.8 Å². The van der Waals surface area contributed by atoms with Crippen LogP contribution in [0.4, 0.5) is 0 Å². The number of benzene rings is 2. The van der Waals surface area contributed by atoms with Gasteiger partial charge >= 0.3 is 0 Å². The molecule has 0 bridgehead atoms. The lowest BCUT2D eigenvalue weighted by atomic mass is 9.91. The van der Waals surface area contributed by atoms with Crippen LogP contribution in [0.1, 0.15) is 30.6 Å². The van der Waals surface area contributed by atoms with Crippen molar-refractivity contribution >= 4 is 16.8 Å². The van der Waals surface area contributed by atoms with Crippen molar-refractivity contribution < 1.29 is 9.53 Å². The van der Waals surface area contributed by atoms with Gasteiger partial charge in [0, 0.05) is 24.0 Å². The number of aromatic nitrogens is 1. The van der Waals surface area contributed by atoms with Crippen LogP contribution in [0.3, 0.4) is 0 Å². The molecule has 1 saturated heterocycles. The Bertz CT molecular complexity index is 987. The molecule has 4 heteroatoms. The summed E-state index contributed by atoms with van der Waals surface area (Å²) < 4.78 is 5.26. The van der Waals surface area contributed by atoms with Gasteiger partial charge in [0.15, 0.2) is 0 Å². The van der Waals surface area contributed by atoms with Gasteiger partial charge in [-0.25, -0.2) is 4.98 Å². The molecule has 28 heavy (non-hydrogen) atoms. The first kappa shape index (κ1) is 18.5. The minimum atomic E-state index is 0.103. The Morgan fingerprint density at radius 1 is 1.04 bits per heavy atom. The molecule has 1 amide bonds. The van der Waals surface area contributed by atoms with Crippen LogP contribution in [-0.2, 0) is 0 Å². The summed E-state index contributed by atoms with van der Waals surface area (Å²) in [5.74, 6) is 1.97. The zero-order valence-corrected chi connectivity index (χ0v) is 16.7. The molecule has 0 saturated carbocycles. The van der Waals surface area contributed by atoms with Crippen molar-refractivity contribution in [1.29, 1.82) is 0 Å². The molecule has 4 nitrogen and oxygen atoms in total. The molecular formula is C24H26N2O2. The number of likely N-dealkylation sites (tertiary alicyclic amines) is 1. The maximum atomic E-state index is 13.5. The second-order valence-electron chi connectivity index (χ2n) is 7.96. The number of carbonyl (C=O) groups is 1. The van der Waals surface area contributed by atoms with Gasteiger partial charge in [0.2, 0.25) is 0 Å². The van der Waals surface area contributed by atoms with Crippen molar-refractivity contribution in [1.82, 2.24) is 9.88 Å². The van der Waals surface area contributed by atoms with Crippen LogP contribution in [0, 0.1) is 11.8 Å². The summed E-state index contributed by atoms with van der Waals surface area (Å²) in [6.45, 7) is 6.09. The molecule has 2 heterocycles. The maximum absolute atomic E-state index is 13.5. The van der Waals surface area contributed by atoms with Gasteiger partial charge in [0.1, 0.15) is 5.75 Å². The number of piperidine rings is 1. The van der Waals surface area contributed by atoms with Gasteiger partial charge in [-0.3, -0.25) is 4.79 Å². The van der Waals surface area contributed by atoms with E-state index in [4.69, 9.17) is 9.72 Å². The molecule has 2 atom stereocenters. The Kier molecular flexibility index (Phi) is 5.03. The van der Waals surface area contributed by atoms with Crippen molar-refractivity contribution in [3.05, 3.63) is 60.2 Å². The topological polar surface area (TPSA) is 42.4 Å². The fourth-order valence-electron chi connectivity index (χ4n) is 4.26. The Hall–Kier alpha value is -2.88. The molecular weight excluding hydrogens is 348 g/mol. The van der Waals surface area contributed by atoms with Crippen molar-refractivity contribution in [3.63, 3.8) is 0 Å². The van der Waals surface area contributed by atoms with Gasteiger partial charge in [0.25, 0.3) is 5.91 Å². The van der Waals surface area contributed by atoms with Crippen molar-refractivity contribution in [2.45, 2.75) is 20.3 Å². The third-order valence-corrected chi connectivity index (χ3v) is 5.49.